The summed E-state index contributed by atoms with van der Waals surface area (Å²) in [5.74, 6) is -5.53. The fourth-order valence-corrected chi connectivity index (χ4v) is 3.60. The standard InChI is InChI=1S/C21H22ClF3N4O3/c1-13-3-5-15(6-4-13)29(18(30)17(22)23)20(2,14-9-26-12-27-10-14)19(31)28-16-7-8-32-11-21(16,24)25/h3-6,9-10,12,16-17H,7-8,11H2,1-2H3,(H,28,31)/t16?,17-,20-/m0/s1. The van der Waals surface area contributed by atoms with Gasteiger partial charge in [-0.3, -0.25) is 14.5 Å². The molecule has 32 heavy (non-hydrogen) atoms. The van der Waals surface area contributed by atoms with Crippen LogP contribution in [0.25, 0.3) is 0 Å². The molecular weight excluding hydrogens is 449 g/mol. The molecule has 0 bridgehead atoms. The van der Waals surface area contributed by atoms with Gasteiger partial charge in [0.25, 0.3) is 23.4 Å². The first-order chi connectivity index (χ1) is 15.1. The SMILES string of the molecule is Cc1ccc(N(C(=O)[C@H](F)Cl)[C@](C)(C(=O)NC2CCOCC2(F)F)c2cncnc2)cc1. The van der Waals surface area contributed by atoms with Gasteiger partial charge in [0.05, 0.1) is 6.04 Å². The van der Waals surface area contributed by atoms with Crippen LogP contribution in [0.3, 0.4) is 0 Å². The first-order valence-electron chi connectivity index (χ1n) is 9.78. The third kappa shape index (κ3) is 4.71. The fraction of sp³-hybridized carbons (Fsp3) is 0.429. The number of aryl methyl sites for hydroxylation is 1. The van der Waals surface area contributed by atoms with Gasteiger partial charge < -0.3 is 10.1 Å². The van der Waals surface area contributed by atoms with E-state index in [1.54, 1.807) is 19.1 Å². The zero-order chi connectivity index (χ0) is 23.5. The average molecular weight is 471 g/mol. The van der Waals surface area contributed by atoms with Crippen LogP contribution in [0.5, 0.6) is 0 Å². The number of anilines is 1. The van der Waals surface area contributed by atoms with Crippen molar-refractivity contribution in [3.63, 3.8) is 0 Å². The number of hydrogen-bond donors (Lipinski definition) is 1. The number of ether oxygens (including phenoxy) is 1. The number of alkyl halides is 4. The summed E-state index contributed by atoms with van der Waals surface area (Å²) < 4.78 is 47.6. The maximum absolute atomic E-state index is 14.3. The molecule has 2 aromatic rings. The number of aromatic nitrogens is 2. The Labute approximate surface area is 187 Å². The normalized spacial score (nSPS) is 20.6. The molecule has 7 nitrogen and oxygen atoms in total. The van der Waals surface area contributed by atoms with Crippen LogP contribution in [0.1, 0.15) is 24.5 Å². The van der Waals surface area contributed by atoms with Gasteiger partial charge in [0.15, 0.2) is 5.54 Å². The summed E-state index contributed by atoms with van der Waals surface area (Å²) in [6.07, 6.45) is 3.57. The van der Waals surface area contributed by atoms with E-state index in [9.17, 15) is 22.8 Å². The van der Waals surface area contributed by atoms with Gasteiger partial charge in [-0.05, 0) is 32.4 Å². The third-order valence-corrected chi connectivity index (χ3v) is 5.56. The van der Waals surface area contributed by atoms with Crippen molar-refractivity contribution >= 4 is 29.1 Å². The molecule has 11 heteroatoms. The van der Waals surface area contributed by atoms with Crippen molar-refractivity contribution in [3.8, 4) is 0 Å². The Hall–Kier alpha value is -2.72. The Balaban J connectivity index is 2.13. The van der Waals surface area contributed by atoms with E-state index in [2.05, 4.69) is 15.3 Å². The lowest BCUT2D eigenvalue weighted by atomic mass is 9.89. The van der Waals surface area contributed by atoms with Gasteiger partial charge in [0.2, 0.25) is 0 Å². The molecule has 0 saturated carbocycles. The summed E-state index contributed by atoms with van der Waals surface area (Å²) in [5, 5.41) is 2.32. The van der Waals surface area contributed by atoms with E-state index in [1.807, 2.05) is 0 Å². The van der Waals surface area contributed by atoms with Crippen molar-refractivity contribution in [1.82, 2.24) is 15.3 Å². The van der Waals surface area contributed by atoms with E-state index in [1.165, 1.54) is 37.8 Å². The molecule has 1 aliphatic heterocycles. The van der Waals surface area contributed by atoms with E-state index in [4.69, 9.17) is 16.3 Å². The van der Waals surface area contributed by atoms with E-state index < -0.39 is 41.6 Å². The minimum absolute atomic E-state index is 0.0283. The van der Waals surface area contributed by atoms with Gasteiger partial charge in [0, 0.05) is 30.3 Å². The van der Waals surface area contributed by atoms with Crippen LogP contribution in [0, 0.1) is 6.92 Å². The van der Waals surface area contributed by atoms with Crippen molar-refractivity contribution in [2.45, 2.75) is 43.4 Å². The maximum atomic E-state index is 14.3. The molecule has 0 aliphatic carbocycles. The lowest BCUT2D eigenvalue weighted by molar-refractivity contribution is -0.150. The molecule has 3 atom stereocenters. The number of rotatable bonds is 6. The van der Waals surface area contributed by atoms with Crippen molar-refractivity contribution in [2.75, 3.05) is 18.1 Å². The van der Waals surface area contributed by atoms with Crippen molar-refractivity contribution in [1.29, 1.82) is 0 Å². The number of halogens is 4. The molecule has 1 aromatic carbocycles. The van der Waals surface area contributed by atoms with Crippen LogP contribution in [-0.4, -0.2) is 52.6 Å². The van der Waals surface area contributed by atoms with Gasteiger partial charge in [-0.15, -0.1) is 0 Å². The second-order valence-electron chi connectivity index (χ2n) is 7.64. The molecule has 1 saturated heterocycles. The van der Waals surface area contributed by atoms with Gasteiger partial charge >= 0.3 is 0 Å². The summed E-state index contributed by atoms with van der Waals surface area (Å²) >= 11 is 5.48. The predicted molar refractivity (Wildman–Crippen MR) is 111 cm³/mol. The van der Waals surface area contributed by atoms with Gasteiger partial charge in [0.1, 0.15) is 12.9 Å². The number of amides is 2. The molecular formula is C21H22ClF3N4O3. The molecule has 1 fully saturated rings. The molecule has 2 heterocycles. The maximum Gasteiger partial charge on any atom is 0.290 e. The van der Waals surface area contributed by atoms with Crippen LogP contribution in [-0.2, 0) is 19.9 Å². The number of carbonyl (C=O) groups excluding carboxylic acids is 2. The number of hydrogen-bond acceptors (Lipinski definition) is 5. The zero-order valence-corrected chi connectivity index (χ0v) is 18.2. The smallest absolute Gasteiger partial charge is 0.290 e. The van der Waals surface area contributed by atoms with Crippen molar-refractivity contribution in [2.24, 2.45) is 0 Å². The number of nitrogens with zero attached hydrogens (tertiary/aromatic N) is 3. The van der Waals surface area contributed by atoms with Crippen LogP contribution in [0.2, 0.25) is 0 Å². The van der Waals surface area contributed by atoms with Gasteiger partial charge in [-0.25, -0.2) is 23.1 Å². The second-order valence-corrected chi connectivity index (χ2v) is 8.02. The molecule has 3 rings (SSSR count). The van der Waals surface area contributed by atoms with Crippen molar-refractivity contribution < 1.29 is 27.5 Å². The largest absolute Gasteiger partial charge is 0.375 e. The van der Waals surface area contributed by atoms with E-state index >= 15 is 0 Å². The molecule has 2 amide bonds. The Morgan fingerprint density at radius 2 is 1.91 bits per heavy atom. The average Bonchev–Trinajstić information content (AvgIpc) is 2.76. The van der Waals surface area contributed by atoms with Crippen LogP contribution in [0.4, 0.5) is 18.9 Å². The molecule has 1 unspecified atom stereocenters. The summed E-state index contributed by atoms with van der Waals surface area (Å²) in [7, 11) is 0. The lowest BCUT2D eigenvalue weighted by Crippen LogP contribution is -2.63. The lowest BCUT2D eigenvalue weighted by Gasteiger charge is -2.42. The highest BCUT2D eigenvalue weighted by Crippen LogP contribution is 2.36. The quantitative estimate of drug-likeness (QED) is 0.656. The van der Waals surface area contributed by atoms with E-state index in [-0.39, 0.29) is 24.3 Å². The van der Waals surface area contributed by atoms with E-state index in [0.29, 0.717) is 0 Å². The van der Waals surface area contributed by atoms with Crippen LogP contribution in [0.15, 0.2) is 43.0 Å². The highest BCUT2D eigenvalue weighted by Gasteiger charge is 2.50. The molecule has 172 valence electrons. The Kier molecular flexibility index (Phi) is 7.04. The molecule has 1 aliphatic rings. The fourth-order valence-electron chi connectivity index (χ4n) is 3.51. The third-order valence-electron chi connectivity index (χ3n) is 5.37. The minimum atomic E-state index is -3.32. The van der Waals surface area contributed by atoms with Crippen LogP contribution >= 0.6 is 11.6 Å². The zero-order valence-electron chi connectivity index (χ0n) is 17.4. The Morgan fingerprint density at radius 3 is 2.47 bits per heavy atom. The predicted octanol–water partition coefficient (Wildman–Crippen LogP) is 3.11. The highest BCUT2D eigenvalue weighted by atomic mass is 35.5. The van der Waals surface area contributed by atoms with Gasteiger partial charge in [-0.2, -0.15) is 0 Å². The number of nitrogens with one attached hydrogen (secondary N) is 1. The second kappa shape index (κ2) is 9.41. The van der Waals surface area contributed by atoms with Crippen LogP contribution < -0.4 is 10.2 Å². The molecule has 0 spiro atoms. The van der Waals surface area contributed by atoms with E-state index in [0.717, 1.165) is 10.5 Å². The topological polar surface area (TPSA) is 84.4 Å². The molecule has 1 N–H and O–H groups in total. The summed E-state index contributed by atoms with van der Waals surface area (Å²) in [6, 6.07) is 4.78. The van der Waals surface area contributed by atoms with Gasteiger partial charge in [-0.1, -0.05) is 29.3 Å². The summed E-state index contributed by atoms with van der Waals surface area (Å²) in [5.41, 5.74) is -3.41. The molecule has 0 radical (unpaired) electrons. The monoisotopic (exact) mass is 470 g/mol. The summed E-state index contributed by atoms with van der Waals surface area (Å²) in [4.78, 5) is 35.0. The number of carbonyl (C=O) groups is 2. The first-order valence-corrected chi connectivity index (χ1v) is 10.2. The Bertz CT molecular complexity index is 963. The number of benzene rings is 1. The Morgan fingerprint density at radius 1 is 1.28 bits per heavy atom. The summed E-state index contributed by atoms with van der Waals surface area (Å²) in [6.45, 7) is 2.29. The molecule has 1 aromatic heterocycles. The minimum Gasteiger partial charge on any atom is -0.375 e. The van der Waals surface area contributed by atoms with Crippen molar-refractivity contribution in [3.05, 3.63) is 54.1 Å². The highest BCUT2D eigenvalue weighted by molar-refractivity contribution is 6.32. The first kappa shape index (κ1) is 23.9.